The molecule has 0 radical (unpaired) electrons. The van der Waals surface area contributed by atoms with Gasteiger partial charge in [-0.3, -0.25) is 0 Å². The highest BCUT2D eigenvalue weighted by atomic mass is 28.4. The van der Waals surface area contributed by atoms with Crippen LogP contribution >= 0.6 is 0 Å². The summed E-state index contributed by atoms with van der Waals surface area (Å²) in [5.41, 5.74) is 1.31. The van der Waals surface area contributed by atoms with E-state index in [0.29, 0.717) is 29.7 Å². The highest BCUT2D eigenvalue weighted by Gasteiger charge is 2.43. The van der Waals surface area contributed by atoms with E-state index in [0.717, 1.165) is 6.04 Å². The zero-order valence-corrected chi connectivity index (χ0v) is 32.8. The number of carbonyl (C=O) groups is 1. The fourth-order valence-electron chi connectivity index (χ4n) is 5.07. The molecule has 46 heavy (non-hydrogen) atoms. The fourth-order valence-corrected chi connectivity index (χ4v) is 7.28. The minimum absolute atomic E-state index is 0.00935. The number of hydrogen-bond acceptors (Lipinski definition) is 6. The predicted octanol–water partition coefficient (Wildman–Crippen LogP) is 10.3. The number of halogens is 2. The predicted molar refractivity (Wildman–Crippen MR) is 189 cm³/mol. The maximum Gasteiger partial charge on any atom is 0.387 e. The van der Waals surface area contributed by atoms with Gasteiger partial charge in [0.15, 0.2) is 14.1 Å². The van der Waals surface area contributed by atoms with E-state index < -0.39 is 34.8 Å². The molecule has 262 valence electrons. The third-order valence-electron chi connectivity index (χ3n) is 9.00. The molecule has 10 heteroatoms. The number of alkyl halides is 2. The first kappa shape index (κ1) is 40.3. The molecule has 0 N–H and O–H groups in total. The van der Waals surface area contributed by atoms with Crippen LogP contribution in [0.15, 0.2) is 30.4 Å². The molecule has 6 nitrogen and oxygen atoms in total. The van der Waals surface area contributed by atoms with Crippen molar-refractivity contribution in [3.8, 4) is 5.75 Å². The normalized spacial score (nSPS) is 21.2. The number of rotatable bonds is 15. The molecule has 0 aliphatic carbocycles. The molecule has 0 spiro atoms. The molecule has 2 rings (SSSR count). The zero-order valence-electron chi connectivity index (χ0n) is 30.8. The van der Waals surface area contributed by atoms with Gasteiger partial charge in [0.05, 0.1) is 24.4 Å². The van der Waals surface area contributed by atoms with E-state index in [4.69, 9.17) is 18.6 Å². The standard InChI is InChI=1S/C36H60F2O6Si2/c1-24(27(4)44-46(13,14)35(5,6)7)18-19-25(2)32-30(42-36(8,9)43-32)17-15-16-28-23-29(41-34(37)38)22-26(3)31(28)33(39)40-20-21-45(10,11)12/h15-16,18-19,22-25,27,30,32,34H,17,20-21H2,1-14H3/b16-15+,19-18-/t24-,25?,27+,30+,32-/m1/s1. The van der Waals surface area contributed by atoms with Gasteiger partial charge in [-0.15, -0.1) is 0 Å². The number of carbonyl (C=O) groups excluding carboxylic acids is 1. The van der Waals surface area contributed by atoms with Gasteiger partial charge in [-0.2, -0.15) is 8.78 Å². The lowest BCUT2D eigenvalue weighted by Crippen LogP contribution is -2.44. The van der Waals surface area contributed by atoms with Crippen LogP contribution in [0.5, 0.6) is 5.75 Å². The van der Waals surface area contributed by atoms with Crippen molar-refractivity contribution in [3.05, 3.63) is 47.1 Å². The van der Waals surface area contributed by atoms with Crippen LogP contribution in [-0.2, 0) is 18.6 Å². The van der Waals surface area contributed by atoms with Gasteiger partial charge in [0.2, 0.25) is 0 Å². The molecule has 0 saturated carbocycles. The Balaban J connectivity index is 2.24. The Labute approximate surface area is 279 Å². The lowest BCUT2D eigenvalue weighted by molar-refractivity contribution is -0.148. The van der Waals surface area contributed by atoms with Crippen molar-refractivity contribution in [2.75, 3.05) is 6.61 Å². The molecule has 1 unspecified atom stereocenters. The third-order valence-corrected chi connectivity index (χ3v) is 15.3. The van der Waals surface area contributed by atoms with Gasteiger partial charge in [0.25, 0.3) is 0 Å². The summed E-state index contributed by atoms with van der Waals surface area (Å²) in [7, 11) is -3.29. The SMILES string of the molecule is Cc1cc(OC(F)F)cc(/C=C/C[C@@H]2OC(C)(C)O[C@@H]2C(C)/C=C\[C@@H](C)[C@H](C)O[Si](C)(C)C(C)(C)C)c1C(=O)OCC[Si](C)(C)C. The molecular formula is C36H60F2O6Si2. The third kappa shape index (κ3) is 12.3. The molecule has 0 amide bonds. The Morgan fingerprint density at radius 1 is 1.04 bits per heavy atom. The topological polar surface area (TPSA) is 63.2 Å². The Hall–Kier alpha value is -1.86. The number of esters is 1. The molecule has 1 aromatic carbocycles. The van der Waals surface area contributed by atoms with E-state index in [-0.39, 0.29) is 40.9 Å². The van der Waals surface area contributed by atoms with E-state index in [1.165, 1.54) is 12.1 Å². The minimum atomic E-state index is -2.98. The average Bonchev–Trinajstić information content (AvgIpc) is 3.18. The van der Waals surface area contributed by atoms with Crippen molar-refractivity contribution in [1.29, 1.82) is 0 Å². The Morgan fingerprint density at radius 3 is 2.24 bits per heavy atom. The van der Waals surface area contributed by atoms with E-state index in [2.05, 4.69) is 91.2 Å². The maximum absolute atomic E-state index is 13.2. The second kappa shape index (κ2) is 16.0. The first-order valence-electron chi connectivity index (χ1n) is 16.6. The molecular weight excluding hydrogens is 623 g/mol. The van der Waals surface area contributed by atoms with Gasteiger partial charge in [0.1, 0.15) is 5.75 Å². The molecule has 1 aliphatic rings. The van der Waals surface area contributed by atoms with Gasteiger partial charge in [0, 0.05) is 20.1 Å². The number of aryl methyl sites for hydroxylation is 1. The zero-order chi connectivity index (χ0) is 35.3. The summed E-state index contributed by atoms with van der Waals surface area (Å²) in [5.74, 6) is -0.962. The molecule has 1 fully saturated rings. The molecule has 1 aliphatic heterocycles. The first-order valence-corrected chi connectivity index (χ1v) is 23.2. The van der Waals surface area contributed by atoms with Crippen LogP contribution in [-0.4, -0.2) is 59.7 Å². The van der Waals surface area contributed by atoms with Crippen LogP contribution in [0.1, 0.15) is 83.3 Å². The smallest absolute Gasteiger partial charge is 0.387 e. The maximum atomic E-state index is 13.2. The van der Waals surface area contributed by atoms with Crippen molar-refractivity contribution < 1.29 is 36.9 Å². The summed E-state index contributed by atoms with van der Waals surface area (Å²) >= 11 is 0. The summed E-state index contributed by atoms with van der Waals surface area (Å²) in [5, 5.41) is 0.143. The Bertz CT molecular complexity index is 1220. The second-order valence-corrected chi connectivity index (χ2v) is 26.4. The van der Waals surface area contributed by atoms with Crippen LogP contribution in [0.2, 0.25) is 43.8 Å². The summed E-state index contributed by atoms with van der Waals surface area (Å²) in [6.07, 6.45) is 8.18. The number of hydrogen-bond donors (Lipinski definition) is 0. The van der Waals surface area contributed by atoms with E-state index in [1.54, 1.807) is 13.0 Å². The molecule has 1 aromatic rings. The summed E-state index contributed by atoms with van der Waals surface area (Å²) < 4.78 is 55.7. The van der Waals surface area contributed by atoms with Gasteiger partial charge in [-0.05, 0) is 87.5 Å². The van der Waals surface area contributed by atoms with E-state index in [1.807, 2.05) is 19.9 Å². The largest absolute Gasteiger partial charge is 0.462 e. The van der Waals surface area contributed by atoms with Gasteiger partial charge < -0.3 is 23.4 Å². The highest BCUT2D eigenvalue weighted by molar-refractivity contribution is 6.76. The van der Waals surface area contributed by atoms with E-state index in [9.17, 15) is 13.6 Å². The van der Waals surface area contributed by atoms with Gasteiger partial charge >= 0.3 is 12.6 Å². The van der Waals surface area contributed by atoms with E-state index >= 15 is 0 Å². The highest BCUT2D eigenvalue weighted by Crippen LogP contribution is 2.39. The molecule has 5 atom stereocenters. The monoisotopic (exact) mass is 682 g/mol. The number of benzene rings is 1. The van der Waals surface area contributed by atoms with Gasteiger partial charge in [-0.25, -0.2) is 4.79 Å². The van der Waals surface area contributed by atoms with Crippen molar-refractivity contribution in [3.63, 3.8) is 0 Å². The molecule has 0 bridgehead atoms. The Kier molecular flexibility index (Phi) is 14.0. The molecule has 1 heterocycles. The minimum Gasteiger partial charge on any atom is -0.462 e. The quantitative estimate of drug-likeness (QED) is 0.104. The van der Waals surface area contributed by atoms with Crippen molar-refractivity contribution in [1.82, 2.24) is 0 Å². The van der Waals surface area contributed by atoms with Crippen LogP contribution < -0.4 is 4.74 Å². The van der Waals surface area contributed by atoms with Crippen LogP contribution in [0.25, 0.3) is 6.08 Å². The fraction of sp³-hybridized carbons (Fsp3) is 0.694. The van der Waals surface area contributed by atoms with Crippen LogP contribution in [0.3, 0.4) is 0 Å². The van der Waals surface area contributed by atoms with Gasteiger partial charge in [-0.1, -0.05) is 78.6 Å². The summed E-state index contributed by atoms with van der Waals surface area (Å²) in [6.45, 7) is 27.2. The Morgan fingerprint density at radius 2 is 1.67 bits per heavy atom. The lowest BCUT2D eigenvalue weighted by Gasteiger charge is -2.39. The lowest BCUT2D eigenvalue weighted by atomic mass is 9.94. The first-order chi connectivity index (χ1) is 20.9. The molecule has 1 saturated heterocycles. The molecule has 0 aromatic heterocycles. The van der Waals surface area contributed by atoms with Crippen molar-refractivity contribution >= 4 is 28.4 Å². The second-order valence-electron chi connectivity index (χ2n) is 16.0. The average molecular weight is 683 g/mol. The van der Waals surface area contributed by atoms with Crippen LogP contribution in [0, 0.1) is 18.8 Å². The van der Waals surface area contributed by atoms with Crippen LogP contribution in [0.4, 0.5) is 8.78 Å². The summed E-state index contributed by atoms with van der Waals surface area (Å²) in [6, 6.07) is 3.73. The van der Waals surface area contributed by atoms with Crippen molar-refractivity contribution in [2.24, 2.45) is 11.8 Å². The number of ether oxygens (including phenoxy) is 4. The summed E-state index contributed by atoms with van der Waals surface area (Å²) in [4.78, 5) is 13.2. The van der Waals surface area contributed by atoms with Crippen molar-refractivity contribution in [2.45, 2.75) is 143 Å².